The van der Waals surface area contributed by atoms with Crippen molar-refractivity contribution >= 4 is 17.3 Å². The normalized spacial score (nSPS) is 15.4. The first kappa shape index (κ1) is 13.3. The molecule has 102 valence electrons. The van der Waals surface area contributed by atoms with Crippen molar-refractivity contribution in [3.63, 3.8) is 0 Å². The first-order chi connectivity index (χ1) is 9.13. The Hall–Kier alpha value is -2.15. The van der Waals surface area contributed by atoms with Gasteiger partial charge in [-0.3, -0.25) is 20.8 Å². The summed E-state index contributed by atoms with van der Waals surface area (Å²) in [5.74, 6) is 5.46. The maximum Gasteiger partial charge on any atom is 0.293 e. The summed E-state index contributed by atoms with van der Waals surface area (Å²) in [6, 6.07) is 4.73. The van der Waals surface area contributed by atoms with Crippen LogP contribution in [-0.2, 0) is 11.3 Å². The van der Waals surface area contributed by atoms with Crippen molar-refractivity contribution in [2.45, 2.75) is 25.8 Å². The molecule has 0 unspecified atom stereocenters. The summed E-state index contributed by atoms with van der Waals surface area (Å²) in [7, 11) is 0. The van der Waals surface area contributed by atoms with Gasteiger partial charge in [0.25, 0.3) is 5.69 Å². The minimum absolute atomic E-state index is 0.0792. The van der Waals surface area contributed by atoms with Crippen LogP contribution in [0.15, 0.2) is 18.2 Å². The fourth-order valence-electron chi connectivity index (χ4n) is 2.27. The Balaban J connectivity index is 2.26. The largest absolute Gasteiger partial charge is 0.338 e. The number of hydrazine groups is 1. The van der Waals surface area contributed by atoms with E-state index in [0.717, 1.165) is 12.8 Å². The summed E-state index contributed by atoms with van der Waals surface area (Å²) in [4.78, 5) is 23.9. The molecule has 1 heterocycles. The van der Waals surface area contributed by atoms with Crippen molar-refractivity contribution in [2.24, 2.45) is 5.84 Å². The number of amides is 1. The number of anilines is 1. The molecule has 0 atom stereocenters. The fraction of sp³-hybridized carbons (Fsp3) is 0.417. The summed E-state index contributed by atoms with van der Waals surface area (Å²) in [5.41, 5.74) is 3.22. The van der Waals surface area contributed by atoms with E-state index in [1.54, 1.807) is 17.0 Å². The summed E-state index contributed by atoms with van der Waals surface area (Å²) < 4.78 is 0. The van der Waals surface area contributed by atoms with Crippen molar-refractivity contribution in [3.05, 3.63) is 33.9 Å². The number of hydrogen-bond acceptors (Lipinski definition) is 5. The van der Waals surface area contributed by atoms with E-state index in [-0.39, 0.29) is 17.3 Å². The van der Waals surface area contributed by atoms with E-state index in [0.29, 0.717) is 25.1 Å². The van der Waals surface area contributed by atoms with Crippen molar-refractivity contribution in [1.82, 2.24) is 4.90 Å². The van der Waals surface area contributed by atoms with Gasteiger partial charge in [-0.05, 0) is 12.8 Å². The number of rotatable bonds is 4. The Labute approximate surface area is 110 Å². The van der Waals surface area contributed by atoms with Crippen LogP contribution in [0.25, 0.3) is 0 Å². The monoisotopic (exact) mass is 264 g/mol. The van der Waals surface area contributed by atoms with Crippen molar-refractivity contribution < 1.29 is 9.72 Å². The number of piperidine rings is 1. The van der Waals surface area contributed by atoms with E-state index in [1.165, 1.54) is 6.07 Å². The van der Waals surface area contributed by atoms with Gasteiger partial charge in [-0.1, -0.05) is 12.1 Å². The number of carbonyl (C=O) groups excluding carboxylic acids is 1. The van der Waals surface area contributed by atoms with Crippen LogP contribution in [0.3, 0.4) is 0 Å². The number of nitrogens with zero attached hydrogens (tertiary/aromatic N) is 2. The van der Waals surface area contributed by atoms with Crippen LogP contribution in [-0.4, -0.2) is 22.3 Å². The molecule has 1 aliphatic rings. The van der Waals surface area contributed by atoms with Crippen LogP contribution in [0.5, 0.6) is 0 Å². The van der Waals surface area contributed by atoms with Crippen LogP contribution >= 0.6 is 0 Å². The average molecular weight is 264 g/mol. The average Bonchev–Trinajstić information content (AvgIpc) is 2.41. The number of carbonyl (C=O) groups is 1. The quantitative estimate of drug-likeness (QED) is 0.486. The fourth-order valence-corrected chi connectivity index (χ4v) is 2.27. The second-order valence-electron chi connectivity index (χ2n) is 4.49. The molecule has 1 saturated heterocycles. The van der Waals surface area contributed by atoms with Gasteiger partial charge in [0.05, 0.1) is 4.92 Å². The lowest BCUT2D eigenvalue weighted by atomic mass is 10.1. The van der Waals surface area contributed by atoms with Crippen LogP contribution in [0.4, 0.5) is 11.4 Å². The molecular formula is C12H16N4O3. The Morgan fingerprint density at radius 3 is 2.84 bits per heavy atom. The number of nitro benzene ring substituents is 1. The highest BCUT2D eigenvalue weighted by atomic mass is 16.6. The van der Waals surface area contributed by atoms with Gasteiger partial charge in [0, 0.05) is 31.1 Å². The van der Waals surface area contributed by atoms with Gasteiger partial charge in [0.1, 0.15) is 5.69 Å². The molecule has 1 amide bonds. The molecule has 1 aliphatic heterocycles. The molecule has 2 rings (SSSR count). The third-order valence-corrected chi connectivity index (χ3v) is 3.25. The van der Waals surface area contributed by atoms with Gasteiger partial charge in [0.15, 0.2) is 0 Å². The minimum Gasteiger partial charge on any atom is -0.338 e. The minimum atomic E-state index is -0.489. The van der Waals surface area contributed by atoms with E-state index in [1.807, 2.05) is 0 Å². The highest BCUT2D eigenvalue weighted by Crippen LogP contribution is 2.29. The number of benzene rings is 1. The summed E-state index contributed by atoms with van der Waals surface area (Å²) in [6.07, 6.45) is 2.42. The molecule has 3 N–H and O–H groups in total. The Morgan fingerprint density at radius 2 is 2.21 bits per heavy atom. The molecule has 1 aromatic carbocycles. The maximum absolute atomic E-state index is 11.8. The van der Waals surface area contributed by atoms with Crippen LogP contribution in [0.1, 0.15) is 24.8 Å². The number of para-hydroxylation sites is 1. The molecular weight excluding hydrogens is 248 g/mol. The maximum atomic E-state index is 11.8. The van der Waals surface area contributed by atoms with E-state index in [2.05, 4.69) is 5.43 Å². The number of nitro groups is 1. The second-order valence-corrected chi connectivity index (χ2v) is 4.49. The van der Waals surface area contributed by atoms with Crippen molar-refractivity contribution in [2.75, 3.05) is 12.0 Å². The molecule has 0 aliphatic carbocycles. The van der Waals surface area contributed by atoms with E-state index in [4.69, 9.17) is 5.84 Å². The number of nitrogens with one attached hydrogen (secondary N) is 1. The third kappa shape index (κ3) is 2.82. The Morgan fingerprint density at radius 1 is 1.42 bits per heavy atom. The highest BCUT2D eigenvalue weighted by Gasteiger charge is 2.22. The molecule has 19 heavy (non-hydrogen) atoms. The van der Waals surface area contributed by atoms with Gasteiger partial charge in [-0.15, -0.1) is 0 Å². The second kappa shape index (κ2) is 5.66. The summed E-state index contributed by atoms with van der Waals surface area (Å²) in [5, 5.41) is 10.9. The SMILES string of the molecule is NNc1c(CN2CCCCC2=O)cccc1[N+](=O)[O-]. The molecule has 7 heteroatoms. The Bertz CT molecular complexity index is 504. The predicted octanol–water partition coefficient (Wildman–Crippen LogP) is 1.39. The van der Waals surface area contributed by atoms with Gasteiger partial charge in [-0.2, -0.15) is 0 Å². The standard InChI is InChI=1S/C12H16N4O3/c13-14-12-9(4-3-5-10(12)16(18)19)8-15-7-2-1-6-11(15)17/h3-5,14H,1-2,6-8,13H2. The zero-order valence-electron chi connectivity index (χ0n) is 10.5. The molecule has 1 aromatic rings. The first-order valence-electron chi connectivity index (χ1n) is 6.14. The molecule has 0 spiro atoms. The lowest BCUT2D eigenvalue weighted by Crippen LogP contribution is -2.35. The third-order valence-electron chi connectivity index (χ3n) is 3.25. The number of nitrogen functional groups attached to an aromatic ring is 1. The zero-order valence-corrected chi connectivity index (χ0v) is 10.5. The van der Waals surface area contributed by atoms with Crippen LogP contribution < -0.4 is 11.3 Å². The smallest absolute Gasteiger partial charge is 0.293 e. The Kier molecular flexibility index (Phi) is 3.96. The van der Waals surface area contributed by atoms with Crippen LogP contribution in [0, 0.1) is 10.1 Å². The van der Waals surface area contributed by atoms with Crippen molar-refractivity contribution in [1.29, 1.82) is 0 Å². The van der Waals surface area contributed by atoms with Crippen LogP contribution in [0.2, 0.25) is 0 Å². The number of nitrogens with two attached hydrogens (primary N) is 1. The number of hydrogen-bond donors (Lipinski definition) is 2. The predicted molar refractivity (Wildman–Crippen MR) is 70.2 cm³/mol. The topological polar surface area (TPSA) is 102 Å². The van der Waals surface area contributed by atoms with Gasteiger partial charge >= 0.3 is 0 Å². The van der Waals surface area contributed by atoms with E-state index in [9.17, 15) is 14.9 Å². The molecule has 0 bridgehead atoms. The summed E-state index contributed by atoms with van der Waals surface area (Å²) in [6.45, 7) is 1.03. The van der Waals surface area contributed by atoms with Crippen molar-refractivity contribution in [3.8, 4) is 0 Å². The molecule has 0 radical (unpaired) electrons. The van der Waals surface area contributed by atoms with Gasteiger partial charge < -0.3 is 10.3 Å². The van der Waals surface area contributed by atoms with Gasteiger partial charge in [0.2, 0.25) is 5.91 Å². The first-order valence-corrected chi connectivity index (χ1v) is 6.14. The zero-order chi connectivity index (χ0) is 13.8. The van der Waals surface area contributed by atoms with E-state index >= 15 is 0 Å². The highest BCUT2D eigenvalue weighted by molar-refractivity contribution is 5.77. The molecule has 7 nitrogen and oxygen atoms in total. The summed E-state index contributed by atoms with van der Waals surface area (Å²) >= 11 is 0. The molecule has 0 saturated carbocycles. The lowest BCUT2D eigenvalue weighted by molar-refractivity contribution is -0.384. The molecule has 0 aromatic heterocycles. The molecule has 1 fully saturated rings. The number of likely N-dealkylation sites (tertiary alicyclic amines) is 1. The van der Waals surface area contributed by atoms with E-state index < -0.39 is 4.92 Å². The lowest BCUT2D eigenvalue weighted by Gasteiger charge is -2.27. The van der Waals surface area contributed by atoms with Gasteiger partial charge in [-0.25, -0.2) is 0 Å².